The van der Waals surface area contributed by atoms with E-state index in [0.717, 1.165) is 17.7 Å². The van der Waals surface area contributed by atoms with Crippen LogP contribution in [0.1, 0.15) is 18.2 Å². The lowest BCUT2D eigenvalue weighted by molar-refractivity contribution is 0.456. The molecular formula is C18H16FN3O. The van der Waals surface area contributed by atoms with E-state index in [-0.39, 0.29) is 5.82 Å². The molecule has 0 N–H and O–H groups in total. The minimum atomic E-state index is -0.304. The molecule has 0 spiro atoms. The highest BCUT2D eigenvalue weighted by atomic mass is 19.1. The van der Waals surface area contributed by atoms with Gasteiger partial charge in [-0.15, -0.1) is 0 Å². The van der Waals surface area contributed by atoms with Crippen LogP contribution in [0.3, 0.4) is 0 Å². The molecule has 3 rings (SSSR count). The lowest BCUT2D eigenvalue weighted by atomic mass is 10.2. The number of pyridine rings is 1. The lowest BCUT2D eigenvalue weighted by Gasteiger charge is -2.09. The van der Waals surface area contributed by atoms with Gasteiger partial charge in [0.15, 0.2) is 5.82 Å². The van der Waals surface area contributed by atoms with E-state index in [0.29, 0.717) is 23.0 Å². The van der Waals surface area contributed by atoms with Crippen molar-refractivity contribution in [3.63, 3.8) is 0 Å². The number of aryl methyl sites for hydroxylation is 2. The zero-order valence-corrected chi connectivity index (χ0v) is 13.0. The average Bonchev–Trinajstić information content (AvgIpc) is 2.58. The predicted molar refractivity (Wildman–Crippen MR) is 85.9 cm³/mol. The third kappa shape index (κ3) is 3.51. The quantitative estimate of drug-likeness (QED) is 0.719. The van der Waals surface area contributed by atoms with Crippen LogP contribution in [-0.2, 0) is 6.42 Å². The fourth-order valence-corrected chi connectivity index (χ4v) is 2.09. The molecule has 2 aromatic heterocycles. The van der Waals surface area contributed by atoms with Crippen molar-refractivity contribution in [3.8, 4) is 23.0 Å². The van der Waals surface area contributed by atoms with Crippen LogP contribution in [0.15, 0.2) is 48.8 Å². The number of halogens is 1. The van der Waals surface area contributed by atoms with Crippen molar-refractivity contribution in [2.45, 2.75) is 20.3 Å². The second-order valence-electron chi connectivity index (χ2n) is 5.12. The molecule has 23 heavy (non-hydrogen) atoms. The minimum Gasteiger partial charge on any atom is -0.439 e. The van der Waals surface area contributed by atoms with Crippen molar-refractivity contribution >= 4 is 0 Å². The largest absolute Gasteiger partial charge is 0.439 e. The monoisotopic (exact) mass is 309 g/mol. The standard InChI is InChI=1S/C18H16FN3O/c1-3-14-10-17(23-15-5-4-12(2)16(19)11-15)22-18(21-14)13-6-8-20-9-7-13/h4-11H,3H2,1-2H3. The molecule has 4 nitrogen and oxygen atoms in total. The Kier molecular flexibility index (Phi) is 4.28. The summed E-state index contributed by atoms with van der Waals surface area (Å²) in [6, 6.07) is 10.2. The van der Waals surface area contributed by atoms with Crippen molar-refractivity contribution in [1.82, 2.24) is 15.0 Å². The summed E-state index contributed by atoms with van der Waals surface area (Å²) in [5, 5.41) is 0. The van der Waals surface area contributed by atoms with Gasteiger partial charge in [-0.3, -0.25) is 4.98 Å². The summed E-state index contributed by atoms with van der Waals surface area (Å²) in [5.41, 5.74) is 2.29. The molecule has 2 heterocycles. The fourth-order valence-electron chi connectivity index (χ4n) is 2.09. The molecular weight excluding hydrogens is 293 g/mol. The maximum absolute atomic E-state index is 13.7. The van der Waals surface area contributed by atoms with Gasteiger partial charge in [0.2, 0.25) is 5.88 Å². The molecule has 0 saturated heterocycles. The highest BCUT2D eigenvalue weighted by Crippen LogP contribution is 2.25. The van der Waals surface area contributed by atoms with Crippen LogP contribution in [0.5, 0.6) is 11.6 Å². The van der Waals surface area contributed by atoms with Gasteiger partial charge >= 0.3 is 0 Å². The number of nitrogens with zero attached hydrogens (tertiary/aromatic N) is 3. The van der Waals surface area contributed by atoms with Crippen LogP contribution in [0.2, 0.25) is 0 Å². The van der Waals surface area contributed by atoms with Gasteiger partial charge < -0.3 is 4.74 Å². The summed E-state index contributed by atoms with van der Waals surface area (Å²) >= 11 is 0. The first-order valence-corrected chi connectivity index (χ1v) is 7.38. The highest BCUT2D eigenvalue weighted by Gasteiger charge is 2.09. The molecule has 0 aliphatic carbocycles. The summed E-state index contributed by atoms with van der Waals surface area (Å²) in [7, 11) is 0. The molecule has 0 unspecified atom stereocenters. The first-order chi connectivity index (χ1) is 11.2. The van der Waals surface area contributed by atoms with E-state index < -0.39 is 0 Å². The Labute approximate surface area is 134 Å². The molecule has 0 aliphatic rings. The van der Waals surface area contributed by atoms with E-state index >= 15 is 0 Å². The molecule has 1 aromatic carbocycles. The van der Waals surface area contributed by atoms with E-state index in [1.165, 1.54) is 6.07 Å². The average molecular weight is 309 g/mol. The van der Waals surface area contributed by atoms with Gasteiger partial charge in [-0.25, -0.2) is 9.37 Å². The number of rotatable bonds is 4. The number of aromatic nitrogens is 3. The Hall–Kier alpha value is -2.82. The van der Waals surface area contributed by atoms with E-state index in [9.17, 15) is 4.39 Å². The Balaban J connectivity index is 1.97. The molecule has 0 amide bonds. The Bertz CT molecular complexity index is 822. The van der Waals surface area contributed by atoms with Crippen LogP contribution in [0.4, 0.5) is 4.39 Å². The van der Waals surface area contributed by atoms with Crippen LogP contribution in [0.25, 0.3) is 11.4 Å². The molecule has 0 aliphatic heterocycles. The first-order valence-electron chi connectivity index (χ1n) is 7.38. The second-order valence-corrected chi connectivity index (χ2v) is 5.12. The van der Waals surface area contributed by atoms with Gasteiger partial charge in [-0.2, -0.15) is 4.98 Å². The molecule has 0 atom stereocenters. The van der Waals surface area contributed by atoms with E-state index in [4.69, 9.17) is 4.74 Å². The molecule has 0 radical (unpaired) electrons. The van der Waals surface area contributed by atoms with Crippen LogP contribution in [-0.4, -0.2) is 15.0 Å². The normalized spacial score (nSPS) is 10.6. The summed E-state index contributed by atoms with van der Waals surface area (Å²) in [5.74, 6) is 1.07. The fraction of sp³-hybridized carbons (Fsp3) is 0.167. The maximum atomic E-state index is 13.7. The van der Waals surface area contributed by atoms with Crippen molar-refractivity contribution in [3.05, 3.63) is 65.9 Å². The SMILES string of the molecule is CCc1cc(Oc2ccc(C)c(F)c2)nc(-c2ccncc2)n1. The summed E-state index contributed by atoms with van der Waals surface area (Å²) < 4.78 is 19.4. The van der Waals surface area contributed by atoms with Gasteiger partial charge in [-0.05, 0) is 37.1 Å². The van der Waals surface area contributed by atoms with Crippen molar-refractivity contribution < 1.29 is 9.13 Å². The van der Waals surface area contributed by atoms with Crippen molar-refractivity contribution in [2.75, 3.05) is 0 Å². The van der Waals surface area contributed by atoms with Crippen LogP contribution < -0.4 is 4.74 Å². The molecule has 0 bridgehead atoms. The summed E-state index contributed by atoms with van der Waals surface area (Å²) in [6.45, 7) is 3.72. The molecule has 0 saturated carbocycles. The van der Waals surface area contributed by atoms with Crippen molar-refractivity contribution in [1.29, 1.82) is 0 Å². The topological polar surface area (TPSA) is 47.9 Å². The zero-order chi connectivity index (χ0) is 16.2. The number of hydrogen-bond donors (Lipinski definition) is 0. The Morgan fingerprint density at radius 3 is 2.52 bits per heavy atom. The molecule has 0 fully saturated rings. The highest BCUT2D eigenvalue weighted by molar-refractivity contribution is 5.54. The van der Waals surface area contributed by atoms with Gasteiger partial charge in [0.1, 0.15) is 11.6 Å². The molecule has 5 heteroatoms. The first kappa shape index (κ1) is 15.1. The van der Waals surface area contributed by atoms with Gasteiger partial charge in [-0.1, -0.05) is 13.0 Å². The lowest BCUT2D eigenvalue weighted by Crippen LogP contribution is -1.98. The van der Waals surface area contributed by atoms with E-state index in [1.807, 2.05) is 19.1 Å². The number of benzene rings is 1. The van der Waals surface area contributed by atoms with Crippen LogP contribution in [0, 0.1) is 12.7 Å². The summed E-state index contributed by atoms with van der Waals surface area (Å²) in [6.07, 6.45) is 4.12. The summed E-state index contributed by atoms with van der Waals surface area (Å²) in [4.78, 5) is 12.9. The minimum absolute atomic E-state index is 0.304. The van der Waals surface area contributed by atoms with E-state index in [1.54, 1.807) is 37.5 Å². The van der Waals surface area contributed by atoms with Gasteiger partial charge in [0.25, 0.3) is 0 Å². The second kappa shape index (κ2) is 6.52. The Morgan fingerprint density at radius 2 is 1.83 bits per heavy atom. The third-order valence-electron chi connectivity index (χ3n) is 3.42. The number of ether oxygens (including phenoxy) is 1. The number of hydrogen-bond acceptors (Lipinski definition) is 4. The van der Waals surface area contributed by atoms with Crippen LogP contribution >= 0.6 is 0 Å². The third-order valence-corrected chi connectivity index (χ3v) is 3.42. The van der Waals surface area contributed by atoms with Gasteiger partial charge in [0, 0.05) is 35.8 Å². The maximum Gasteiger partial charge on any atom is 0.223 e. The molecule has 3 aromatic rings. The predicted octanol–water partition coefficient (Wildman–Crippen LogP) is 4.34. The molecule has 116 valence electrons. The van der Waals surface area contributed by atoms with Gasteiger partial charge in [0.05, 0.1) is 0 Å². The Morgan fingerprint density at radius 1 is 1.04 bits per heavy atom. The van der Waals surface area contributed by atoms with E-state index in [2.05, 4.69) is 15.0 Å². The van der Waals surface area contributed by atoms with Crippen molar-refractivity contribution in [2.24, 2.45) is 0 Å². The zero-order valence-electron chi connectivity index (χ0n) is 13.0. The smallest absolute Gasteiger partial charge is 0.223 e.